The molecule has 4 rings (SSSR count). The number of halogens is 1. The van der Waals surface area contributed by atoms with E-state index in [1.54, 1.807) is 6.07 Å². The van der Waals surface area contributed by atoms with Crippen LogP contribution in [0, 0.1) is 0 Å². The summed E-state index contributed by atoms with van der Waals surface area (Å²) >= 11 is 6.50. The molecule has 1 heterocycles. The maximum absolute atomic E-state index is 11.6. The van der Waals surface area contributed by atoms with Crippen molar-refractivity contribution >= 4 is 39.0 Å². The Morgan fingerprint density at radius 3 is 2.64 bits per heavy atom. The Hall–Kier alpha value is -2.63. The maximum atomic E-state index is 11.6. The summed E-state index contributed by atoms with van der Waals surface area (Å²) < 4.78 is 25.7. The molecule has 0 amide bonds. The van der Waals surface area contributed by atoms with E-state index in [9.17, 15) is 8.42 Å². The van der Waals surface area contributed by atoms with Crippen molar-refractivity contribution in [2.45, 2.75) is 12.8 Å². The van der Waals surface area contributed by atoms with Crippen molar-refractivity contribution in [3.63, 3.8) is 0 Å². The average molecular weight is 411 g/mol. The predicted octanol–water partition coefficient (Wildman–Crippen LogP) is 4.79. The number of aromatic nitrogens is 1. The lowest BCUT2D eigenvalue weighted by Crippen LogP contribution is -2.09. The zero-order chi connectivity index (χ0) is 19.7. The van der Waals surface area contributed by atoms with Crippen LogP contribution >= 0.6 is 11.6 Å². The highest BCUT2D eigenvalue weighted by Gasteiger charge is 2.20. The first kappa shape index (κ1) is 18.7. The van der Waals surface area contributed by atoms with Crippen molar-refractivity contribution in [3.8, 4) is 0 Å². The fourth-order valence-electron chi connectivity index (χ4n) is 3.56. The Kier molecular flexibility index (Phi) is 4.96. The van der Waals surface area contributed by atoms with E-state index in [-0.39, 0.29) is 0 Å². The smallest absolute Gasteiger partial charge is 0.229 e. The normalized spacial score (nSPS) is 14.9. The first-order valence-electron chi connectivity index (χ1n) is 8.92. The number of fused-ring (bicyclic) bond motifs is 2. The van der Waals surface area contributed by atoms with E-state index in [1.165, 1.54) is 0 Å². The van der Waals surface area contributed by atoms with Crippen LogP contribution in [0.1, 0.15) is 27.9 Å². The number of nitrogens with one attached hydrogen (secondary N) is 1. The number of aryl methyl sites for hydroxylation is 1. The fraction of sp³-hybridized carbons (Fsp3) is 0.136. The van der Waals surface area contributed by atoms with Gasteiger partial charge in [-0.1, -0.05) is 41.9 Å². The quantitative estimate of drug-likeness (QED) is 0.675. The minimum Gasteiger partial charge on any atom is -0.284 e. The van der Waals surface area contributed by atoms with Crippen LogP contribution in [-0.4, -0.2) is 19.7 Å². The Morgan fingerprint density at radius 1 is 1.04 bits per heavy atom. The van der Waals surface area contributed by atoms with Crippen LogP contribution in [0.2, 0.25) is 5.02 Å². The molecule has 1 aliphatic rings. The molecule has 0 spiro atoms. The molecule has 3 aromatic rings. The topological polar surface area (TPSA) is 59.1 Å². The molecule has 0 unspecified atom stereocenters. The van der Waals surface area contributed by atoms with E-state index in [0.29, 0.717) is 5.69 Å². The second-order valence-electron chi connectivity index (χ2n) is 6.82. The summed E-state index contributed by atoms with van der Waals surface area (Å²) in [5, 5.41) is 0.753. The van der Waals surface area contributed by atoms with Gasteiger partial charge in [0.15, 0.2) is 0 Å². The van der Waals surface area contributed by atoms with Crippen molar-refractivity contribution < 1.29 is 8.42 Å². The molecular weight excluding hydrogens is 392 g/mol. The number of rotatable bonds is 3. The summed E-state index contributed by atoms with van der Waals surface area (Å²) in [6, 6.07) is 17.3. The van der Waals surface area contributed by atoms with Crippen LogP contribution < -0.4 is 4.72 Å². The van der Waals surface area contributed by atoms with Crippen LogP contribution in [0.4, 0.5) is 5.69 Å². The third-order valence-electron chi connectivity index (χ3n) is 4.70. The van der Waals surface area contributed by atoms with Crippen LogP contribution in [-0.2, 0) is 22.9 Å². The Balaban J connectivity index is 1.89. The van der Waals surface area contributed by atoms with E-state index in [4.69, 9.17) is 11.6 Å². The molecular formula is C22H19ClN2O2S. The molecule has 0 aliphatic heterocycles. The molecule has 0 saturated heterocycles. The van der Waals surface area contributed by atoms with Gasteiger partial charge in [0.05, 0.1) is 6.26 Å². The standard InChI is InChI=1S/C22H19ClN2O2S/c1-28(26,27)25-16-6-2-5-15(13-16)14-20-17-7-3-9-21(23)18(17)10-11-22-19(20)8-4-12-24-22/h2-9,12-14,25H,10-11H2,1H3/b20-14-. The van der Waals surface area contributed by atoms with Crippen molar-refractivity contribution in [2.75, 3.05) is 11.0 Å². The minimum atomic E-state index is -3.33. The summed E-state index contributed by atoms with van der Waals surface area (Å²) in [6.07, 6.45) is 6.66. The molecule has 142 valence electrons. The van der Waals surface area contributed by atoms with Gasteiger partial charge in [0.25, 0.3) is 0 Å². The molecule has 0 saturated carbocycles. The third-order valence-corrected chi connectivity index (χ3v) is 5.66. The molecule has 6 heteroatoms. The summed E-state index contributed by atoms with van der Waals surface area (Å²) in [5.74, 6) is 0. The van der Waals surface area contributed by atoms with Gasteiger partial charge in [0.2, 0.25) is 10.0 Å². The molecule has 0 atom stereocenters. The molecule has 1 N–H and O–H groups in total. The average Bonchev–Trinajstić information content (AvgIpc) is 2.79. The van der Waals surface area contributed by atoms with Gasteiger partial charge >= 0.3 is 0 Å². The molecule has 0 fully saturated rings. The minimum absolute atomic E-state index is 0.531. The zero-order valence-corrected chi connectivity index (χ0v) is 16.9. The van der Waals surface area contributed by atoms with E-state index in [2.05, 4.69) is 27.9 Å². The van der Waals surface area contributed by atoms with Crippen LogP contribution in [0.25, 0.3) is 11.6 Å². The van der Waals surface area contributed by atoms with Crippen molar-refractivity contribution in [1.29, 1.82) is 0 Å². The zero-order valence-electron chi connectivity index (χ0n) is 15.3. The summed E-state index contributed by atoms with van der Waals surface area (Å²) in [5.41, 5.74) is 6.76. The van der Waals surface area contributed by atoms with Gasteiger partial charge < -0.3 is 0 Å². The lowest BCUT2D eigenvalue weighted by Gasteiger charge is -2.13. The van der Waals surface area contributed by atoms with E-state index in [1.807, 2.05) is 42.6 Å². The number of benzene rings is 2. The van der Waals surface area contributed by atoms with Crippen molar-refractivity contribution in [1.82, 2.24) is 4.98 Å². The number of sulfonamides is 1. The molecule has 1 aliphatic carbocycles. The molecule has 2 aromatic carbocycles. The lowest BCUT2D eigenvalue weighted by molar-refractivity contribution is 0.607. The molecule has 0 bridgehead atoms. The highest BCUT2D eigenvalue weighted by Crippen LogP contribution is 2.37. The Morgan fingerprint density at radius 2 is 1.82 bits per heavy atom. The first-order valence-corrected chi connectivity index (χ1v) is 11.2. The summed E-state index contributed by atoms with van der Waals surface area (Å²) in [6.45, 7) is 0. The van der Waals surface area contributed by atoms with Gasteiger partial charge in [0, 0.05) is 28.2 Å². The molecule has 1 aromatic heterocycles. The second kappa shape index (κ2) is 7.41. The van der Waals surface area contributed by atoms with Crippen LogP contribution in [0.5, 0.6) is 0 Å². The lowest BCUT2D eigenvalue weighted by atomic mass is 9.93. The van der Waals surface area contributed by atoms with E-state index in [0.717, 1.165) is 57.6 Å². The maximum Gasteiger partial charge on any atom is 0.229 e. The Bertz CT molecular complexity index is 1190. The number of nitrogens with zero attached hydrogens (tertiary/aromatic N) is 1. The van der Waals surface area contributed by atoms with E-state index < -0.39 is 10.0 Å². The van der Waals surface area contributed by atoms with Crippen molar-refractivity contribution in [3.05, 3.63) is 93.8 Å². The molecule has 28 heavy (non-hydrogen) atoms. The van der Waals surface area contributed by atoms with Gasteiger partial charge in [-0.3, -0.25) is 9.71 Å². The summed E-state index contributed by atoms with van der Waals surface area (Å²) in [4.78, 5) is 4.57. The van der Waals surface area contributed by atoms with Gasteiger partial charge in [0.1, 0.15) is 0 Å². The van der Waals surface area contributed by atoms with Crippen LogP contribution in [0.15, 0.2) is 60.8 Å². The van der Waals surface area contributed by atoms with Gasteiger partial charge in [-0.15, -0.1) is 0 Å². The van der Waals surface area contributed by atoms with E-state index >= 15 is 0 Å². The van der Waals surface area contributed by atoms with Gasteiger partial charge in [-0.05, 0) is 65.4 Å². The fourth-order valence-corrected chi connectivity index (χ4v) is 4.39. The number of hydrogen-bond donors (Lipinski definition) is 1. The number of anilines is 1. The number of pyridine rings is 1. The summed E-state index contributed by atoms with van der Waals surface area (Å²) in [7, 11) is -3.33. The monoisotopic (exact) mass is 410 g/mol. The highest BCUT2D eigenvalue weighted by molar-refractivity contribution is 7.92. The SMILES string of the molecule is CS(=O)(=O)Nc1cccc(/C=C2\c3cccnc3CCc3c(Cl)cccc32)c1. The largest absolute Gasteiger partial charge is 0.284 e. The van der Waals surface area contributed by atoms with Gasteiger partial charge in [-0.2, -0.15) is 0 Å². The van der Waals surface area contributed by atoms with Gasteiger partial charge in [-0.25, -0.2) is 8.42 Å². The number of hydrogen-bond acceptors (Lipinski definition) is 3. The Labute approximate surface area is 170 Å². The third kappa shape index (κ3) is 3.96. The molecule has 4 nitrogen and oxygen atoms in total. The van der Waals surface area contributed by atoms with Crippen LogP contribution in [0.3, 0.4) is 0 Å². The first-order chi connectivity index (χ1) is 13.4. The van der Waals surface area contributed by atoms with Crippen molar-refractivity contribution in [2.24, 2.45) is 0 Å². The predicted molar refractivity (Wildman–Crippen MR) is 115 cm³/mol. The second-order valence-corrected chi connectivity index (χ2v) is 8.98. The molecule has 0 radical (unpaired) electrons. The highest BCUT2D eigenvalue weighted by atomic mass is 35.5.